The Hall–Kier alpha value is -1.20. The molecule has 0 fully saturated rings. The molecule has 6 heteroatoms. The molecule has 5 nitrogen and oxygen atoms in total. The molecule has 0 aromatic carbocycles. The number of fused-ring (bicyclic) bond motifs is 1. The Morgan fingerprint density at radius 2 is 2.33 bits per heavy atom. The lowest BCUT2D eigenvalue weighted by molar-refractivity contribution is 0.0693. The molecule has 0 radical (unpaired) electrons. The Bertz CT molecular complexity index is 470. The molecule has 0 N–H and O–H groups in total. The van der Waals surface area contributed by atoms with Crippen molar-refractivity contribution < 1.29 is 4.74 Å². The number of ether oxygens (including phenoxy) is 1. The Kier molecular flexibility index (Phi) is 2.83. The molecule has 2 heterocycles. The number of hydrogen-bond acceptors (Lipinski definition) is 4. The molecule has 0 bridgehead atoms. The summed E-state index contributed by atoms with van der Waals surface area (Å²) in [6, 6.07) is 0. The van der Waals surface area contributed by atoms with Crippen LogP contribution in [-0.4, -0.2) is 26.2 Å². The van der Waals surface area contributed by atoms with Crippen LogP contribution >= 0.6 is 11.6 Å². The van der Waals surface area contributed by atoms with Gasteiger partial charge < -0.3 is 4.74 Å². The number of hydrogen-bond donors (Lipinski definition) is 0. The van der Waals surface area contributed by atoms with Gasteiger partial charge in [0.15, 0.2) is 11.5 Å². The van der Waals surface area contributed by atoms with Gasteiger partial charge in [-0.05, 0) is 13.8 Å². The van der Waals surface area contributed by atoms with Crippen molar-refractivity contribution in [2.45, 2.75) is 20.0 Å². The third-order valence-electron chi connectivity index (χ3n) is 2.07. The first-order chi connectivity index (χ1) is 7.22. The van der Waals surface area contributed by atoms with Crippen molar-refractivity contribution in [3.8, 4) is 0 Å². The second-order valence-electron chi connectivity index (χ2n) is 3.09. The van der Waals surface area contributed by atoms with Crippen LogP contribution in [0.2, 0.25) is 5.15 Å². The fraction of sp³-hybridized carbons (Fsp3) is 0.444. The Morgan fingerprint density at radius 3 is 3.07 bits per heavy atom. The lowest BCUT2D eigenvalue weighted by Crippen LogP contribution is -2.05. The van der Waals surface area contributed by atoms with Crippen LogP contribution in [0.1, 0.15) is 25.8 Å². The molecule has 80 valence electrons. The molecule has 2 rings (SSSR count). The van der Waals surface area contributed by atoms with Crippen LogP contribution in [-0.2, 0) is 4.74 Å². The van der Waals surface area contributed by atoms with E-state index in [1.54, 1.807) is 16.8 Å². The second kappa shape index (κ2) is 4.12. The van der Waals surface area contributed by atoms with E-state index in [4.69, 9.17) is 16.3 Å². The van der Waals surface area contributed by atoms with Crippen molar-refractivity contribution in [2.75, 3.05) is 6.61 Å². The summed E-state index contributed by atoms with van der Waals surface area (Å²) < 4.78 is 7.23. The number of aromatic nitrogens is 4. The molecule has 2 aromatic heterocycles. The second-order valence-corrected chi connectivity index (χ2v) is 3.48. The van der Waals surface area contributed by atoms with Gasteiger partial charge >= 0.3 is 0 Å². The minimum Gasteiger partial charge on any atom is -0.371 e. The highest BCUT2D eigenvalue weighted by Crippen LogP contribution is 2.16. The lowest BCUT2D eigenvalue weighted by Gasteiger charge is -2.08. The summed E-state index contributed by atoms with van der Waals surface area (Å²) in [6.07, 6.45) is 3.16. The zero-order chi connectivity index (χ0) is 10.8. The third kappa shape index (κ3) is 1.93. The molecule has 1 unspecified atom stereocenters. The number of halogens is 1. The minimum atomic E-state index is -0.108. The van der Waals surface area contributed by atoms with Gasteiger partial charge in [0.1, 0.15) is 11.3 Å². The van der Waals surface area contributed by atoms with Gasteiger partial charge in [-0.2, -0.15) is 0 Å². The van der Waals surface area contributed by atoms with Crippen molar-refractivity contribution in [2.24, 2.45) is 0 Å². The fourth-order valence-electron chi connectivity index (χ4n) is 1.40. The average molecular weight is 227 g/mol. The van der Waals surface area contributed by atoms with Crippen molar-refractivity contribution in [3.63, 3.8) is 0 Å². The first kappa shape index (κ1) is 10.3. The zero-order valence-corrected chi connectivity index (χ0v) is 9.27. The van der Waals surface area contributed by atoms with E-state index in [9.17, 15) is 0 Å². The summed E-state index contributed by atoms with van der Waals surface area (Å²) in [5.41, 5.74) is 0.668. The fourth-order valence-corrected chi connectivity index (χ4v) is 1.54. The summed E-state index contributed by atoms with van der Waals surface area (Å²) in [5, 5.41) is 8.43. The van der Waals surface area contributed by atoms with Gasteiger partial charge in [-0.25, -0.2) is 4.98 Å². The van der Waals surface area contributed by atoms with Crippen LogP contribution in [0.25, 0.3) is 5.65 Å². The van der Waals surface area contributed by atoms with E-state index >= 15 is 0 Å². The predicted molar refractivity (Wildman–Crippen MR) is 55.8 cm³/mol. The third-order valence-corrected chi connectivity index (χ3v) is 2.26. The average Bonchev–Trinajstić information content (AvgIpc) is 2.60. The molecule has 0 aliphatic heterocycles. The Labute approximate surface area is 92.1 Å². The van der Waals surface area contributed by atoms with Crippen molar-refractivity contribution >= 4 is 17.2 Å². The minimum absolute atomic E-state index is 0.108. The molecule has 0 spiro atoms. The highest BCUT2D eigenvalue weighted by Gasteiger charge is 2.13. The van der Waals surface area contributed by atoms with Crippen LogP contribution in [0.5, 0.6) is 0 Å². The van der Waals surface area contributed by atoms with Crippen LogP contribution in [0, 0.1) is 0 Å². The molecule has 0 amide bonds. The molecule has 0 aliphatic carbocycles. The monoisotopic (exact) mass is 226 g/mol. The number of nitrogens with zero attached hydrogens (tertiary/aromatic N) is 4. The van der Waals surface area contributed by atoms with E-state index in [2.05, 4.69) is 15.2 Å². The highest BCUT2D eigenvalue weighted by molar-refractivity contribution is 6.29. The molecule has 0 saturated carbocycles. The molecular weight excluding hydrogens is 216 g/mol. The highest BCUT2D eigenvalue weighted by atomic mass is 35.5. The van der Waals surface area contributed by atoms with Gasteiger partial charge in [0.05, 0.1) is 6.20 Å². The van der Waals surface area contributed by atoms with Crippen LogP contribution < -0.4 is 0 Å². The first-order valence-electron chi connectivity index (χ1n) is 4.70. The van der Waals surface area contributed by atoms with E-state index in [1.807, 2.05) is 13.8 Å². The van der Waals surface area contributed by atoms with E-state index in [1.165, 1.54) is 0 Å². The lowest BCUT2D eigenvalue weighted by atomic mass is 10.4. The van der Waals surface area contributed by atoms with E-state index in [-0.39, 0.29) is 6.10 Å². The van der Waals surface area contributed by atoms with Gasteiger partial charge in [-0.3, -0.25) is 4.40 Å². The van der Waals surface area contributed by atoms with Gasteiger partial charge in [0, 0.05) is 12.8 Å². The smallest absolute Gasteiger partial charge is 0.179 e. The predicted octanol–water partition coefficient (Wildman–Crippen LogP) is 1.88. The van der Waals surface area contributed by atoms with Gasteiger partial charge in [0.2, 0.25) is 0 Å². The van der Waals surface area contributed by atoms with Gasteiger partial charge in [0.25, 0.3) is 0 Å². The van der Waals surface area contributed by atoms with Gasteiger partial charge in [-0.15, -0.1) is 10.2 Å². The van der Waals surface area contributed by atoms with E-state index in [0.29, 0.717) is 17.4 Å². The molecule has 0 aliphatic rings. The molecule has 1 atom stereocenters. The van der Waals surface area contributed by atoms with Crippen molar-refractivity contribution in [3.05, 3.63) is 23.4 Å². The quantitative estimate of drug-likeness (QED) is 0.802. The topological polar surface area (TPSA) is 52.3 Å². The summed E-state index contributed by atoms with van der Waals surface area (Å²) in [5.74, 6) is 0.733. The maximum absolute atomic E-state index is 5.80. The molecule has 0 saturated heterocycles. The maximum Gasteiger partial charge on any atom is 0.179 e. The Morgan fingerprint density at radius 1 is 1.53 bits per heavy atom. The Balaban J connectivity index is 2.47. The van der Waals surface area contributed by atoms with Crippen LogP contribution in [0.15, 0.2) is 12.4 Å². The first-order valence-corrected chi connectivity index (χ1v) is 5.08. The van der Waals surface area contributed by atoms with Crippen molar-refractivity contribution in [1.29, 1.82) is 0 Å². The SMILES string of the molecule is CCOC(C)c1nnc2cnc(Cl)cn12. The van der Waals surface area contributed by atoms with Crippen LogP contribution in [0.3, 0.4) is 0 Å². The van der Waals surface area contributed by atoms with Crippen molar-refractivity contribution in [1.82, 2.24) is 19.6 Å². The summed E-state index contributed by atoms with van der Waals surface area (Å²) >= 11 is 5.80. The normalized spacial score (nSPS) is 13.3. The summed E-state index contributed by atoms with van der Waals surface area (Å²) in [7, 11) is 0. The molecule has 2 aromatic rings. The molecule has 15 heavy (non-hydrogen) atoms. The largest absolute Gasteiger partial charge is 0.371 e. The number of rotatable bonds is 3. The van der Waals surface area contributed by atoms with E-state index < -0.39 is 0 Å². The summed E-state index contributed by atoms with van der Waals surface area (Å²) in [6.45, 7) is 4.50. The van der Waals surface area contributed by atoms with E-state index in [0.717, 1.165) is 5.82 Å². The summed E-state index contributed by atoms with van der Waals surface area (Å²) in [4.78, 5) is 3.93. The molecular formula is C9H11ClN4O. The van der Waals surface area contributed by atoms with Gasteiger partial charge in [-0.1, -0.05) is 11.6 Å². The van der Waals surface area contributed by atoms with Crippen LogP contribution in [0.4, 0.5) is 0 Å². The zero-order valence-electron chi connectivity index (χ0n) is 8.51. The standard InChI is InChI=1S/C9H11ClN4O/c1-3-15-6(2)9-13-12-8-4-11-7(10)5-14(8)9/h4-6H,3H2,1-2H3. The maximum atomic E-state index is 5.80.